The molecule has 1 unspecified atom stereocenters. The molecule has 4 aromatic carbocycles. The zero-order valence-electron chi connectivity index (χ0n) is 40.7. The average molecular weight is 977 g/mol. The molecular weight excluding hydrogens is 916 g/mol. The highest BCUT2D eigenvalue weighted by Crippen LogP contribution is 2.48. The van der Waals surface area contributed by atoms with Gasteiger partial charge in [0.2, 0.25) is 23.6 Å². The number of carbonyl (C=O) groups is 5. The zero-order valence-corrected chi connectivity index (χ0v) is 40.7. The van der Waals surface area contributed by atoms with Crippen LogP contribution >= 0.6 is 0 Å². The molecule has 5 aliphatic heterocycles. The van der Waals surface area contributed by atoms with Crippen molar-refractivity contribution in [1.29, 1.82) is 0 Å². The summed E-state index contributed by atoms with van der Waals surface area (Å²) in [6, 6.07) is 22.1. The van der Waals surface area contributed by atoms with E-state index in [2.05, 4.69) is 59.1 Å². The van der Waals surface area contributed by atoms with Crippen molar-refractivity contribution >= 4 is 68.9 Å². The Labute approximate surface area is 418 Å². The van der Waals surface area contributed by atoms with Crippen LogP contribution in [0.1, 0.15) is 66.4 Å². The minimum atomic E-state index is -1.16. The van der Waals surface area contributed by atoms with E-state index >= 15 is 0 Å². The SMILES string of the molecule is CNc1cc2c(Oc3ccc(NC(=O)C4(C(=O)Nc5ccc(F)cc5)CC4)cc3)ccnc2cc1N1CCC(CN2CCN(CCN3CCCc4ccc5c(c43)CN(C3CCC(=O)NC3=O)C5=O)CC2)CC1. The van der Waals surface area contributed by atoms with E-state index in [-0.39, 0.29) is 30.0 Å². The van der Waals surface area contributed by atoms with Crippen LogP contribution in [0.25, 0.3) is 10.9 Å². The molecule has 72 heavy (non-hydrogen) atoms. The number of amides is 5. The van der Waals surface area contributed by atoms with E-state index in [0.29, 0.717) is 60.2 Å². The van der Waals surface area contributed by atoms with Crippen molar-refractivity contribution in [3.63, 3.8) is 0 Å². The van der Waals surface area contributed by atoms with E-state index in [4.69, 9.17) is 9.72 Å². The largest absolute Gasteiger partial charge is 0.457 e. The van der Waals surface area contributed by atoms with Gasteiger partial charge in [-0.1, -0.05) is 6.07 Å². The summed E-state index contributed by atoms with van der Waals surface area (Å²) >= 11 is 0. The summed E-state index contributed by atoms with van der Waals surface area (Å²) in [5.41, 5.74) is 6.95. The molecule has 1 atom stereocenters. The Morgan fingerprint density at radius 1 is 0.806 bits per heavy atom. The molecule has 4 fully saturated rings. The third-order valence-corrected chi connectivity index (χ3v) is 15.7. The Morgan fingerprint density at radius 3 is 2.21 bits per heavy atom. The molecule has 5 amide bonds. The molecule has 16 nitrogen and oxygen atoms in total. The number of nitrogens with one attached hydrogen (secondary N) is 4. The van der Waals surface area contributed by atoms with Crippen LogP contribution < -0.4 is 35.8 Å². The van der Waals surface area contributed by atoms with Gasteiger partial charge in [0.25, 0.3) is 5.91 Å². The molecule has 11 rings (SSSR count). The third-order valence-electron chi connectivity index (χ3n) is 15.7. The fourth-order valence-electron chi connectivity index (χ4n) is 11.4. The second kappa shape index (κ2) is 19.8. The number of aryl methyl sites for hydroxylation is 1. The predicted octanol–water partition coefficient (Wildman–Crippen LogP) is 6.61. The molecule has 1 saturated carbocycles. The number of fused-ring (bicyclic) bond motifs is 4. The predicted molar refractivity (Wildman–Crippen MR) is 274 cm³/mol. The number of piperazine rings is 1. The molecule has 17 heteroatoms. The lowest BCUT2D eigenvalue weighted by atomic mass is 9.95. The van der Waals surface area contributed by atoms with Crippen LogP contribution in [0.2, 0.25) is 0 Å². The third kappa shape index (κ3) is 9.54. The first kappa shape index (κ1) is 47.2. The molecule has 1 aliphatic carbocycles. The standard InChI is InChI=1S/C55H61FN10O6/c1-57-45-31-42-44(58-21-16-48(42)72-40-11-9-39(10-12-40)60-54(71)55(19-20-55)53(70)59-38-7-5-37(56)6-8-38)32-47(45)64-23-17-35(18-24-64)33-63-27-25-62(26-28-63)29-30-65-22-2-3-36-4-13-41-43(50(36)65)34-66(52(41)69)46-14-15-49(67)61-51(46)68/h4-13,16,21,31-32,35,46,57H,2-3,14-15,17-20,22-30,33-34H2,1H3,(H,59,70)(H,60,71)(H,61,67,68). The van der Waals surface area contributed by atoms with Gasteiger partial charge in [0.05, 0.1) is 16.9 Å². The van der Waals surface area contributed by atoms with Gasteiger partial charge in [-0.05, 0) is 129 Å². The quantitative estimate of drug-likeness (QED) is 0.0695. The van der Waals surface area contributed by atoms with Crippen molar-refractivity contribution in [2.75, 3.05) is 98.2 Å². The van der Waals surface area contributed by atoms with Gasteiger partial charge >= 0.3 is 0 Å². The summed E-state index contributed by atoms with van der Waals surface area (Å²) in [4.78, 5) is 81.0. The molecule has 374 valence electrons. The molecule has 6 heterocycles. The molecular formula is C55H61FN10O6. The summed E-state index contributed by atoms with van der Waals surface area (Å²) in [6.07, 6.45) is 7.52. The number of ether oxygens (including phenoxy) is 1. The van der Waals surface area contributed by atoms with Gasteiger partial charge in [0, 0.05) is 125 Å². The molecule has 6 aliphatic rings. The number of hydrogen-bond acceptors (Lipinski definition) is 12. The summed E-state index contributed by atoms with van der Waals surface area (Å²) < 4.78 is 19.7. The van der Waals surface area contributed by atoms with E-state index in [1.165, 1.54) is 35.5 Å². The van der Waals surface area contributed by atoms with E-state index < -0.39 is 23.2 Å². The maximum Gasteiger partial charge on any atom is 0.255 e. The van der Waals surface area contributed by atoms with Crippen molar-refractivity contribution in [1.82, 2.24) is 25.0 Å². The van der Waals surface area contributed by atoms with E-state index in [1.807, 2.05) is 19.2 Å². The van der Waals surface area contributed by atoms with Gasteiger partial charge in [-0.25, -0.2) is 4.39 Å². The van der Waals surface area contributed by atoms with Gasteiger partial charge in [0.15, 0.2) is 0 Å². The second-order valence-electron chi connectivity index (χ2n) is 20.2. The van der Waals surface area contributed by atoms with E-state index in [0.717, 1.165) is 119 Å². The smallest absolute Gasteiger partial charge is 0.255 e. The first-order chi connectivity index (χ1) is 35.0. The van der Waals surface area contributed by atoms with Gasteiger partial charge in [0.1, 0.15) is 28.8 Å². The fourth-order valence-corrected chi connectivity index (χ4v) is 11.4. The number of halogens is 1. The number of anilines is 5. The van der Waals surface area contributed by atoms with Crippen LogP contribution in [0, 0.1) is 17.2 Å². The van der Waals surface area contributed by atoms with Crippen molar-refractivity contribution in [2.45, 2.75) is 64.0 Å². The molecule has 4 N–H and O–H groups in total. The minimum absolute atomic E-state index is 0.114. The highest BCUT2D eigenvalue weighted by molar-refractivity contribution is 6.17. The Hall–Kier alpha value is -7.11. The van der Waals surface area contributed by atoms with Crippen molar-refractivity contribution in [2.24, 2.45) is 11.3 Å². The van der Waals surface area contributed by atoms with Crippen LogP contribution in [0.3, 0.4) is 0 Å². The van der Waals surface area contributed by atoms with E-state index in [1.54, 1.807) is 35.4 Å². The average Bonchev–Trinajstić information content (AvgIpc) is 4.15. The number of hydrogen-bond donors (Lipinski definition) is 4. The molecule has 3 saturated heterocycles. The van der Waals surface area contributed by atoms with Crippen LogP contribution in [-0.4, -0.2) is 128 Å². The van der Waals surface area contributed by atoms with Crippen LogP contribution in [0.5, 0.6) is 11.5 Å². The molecule has 5 aromatic rings. The molecule has 0 radical (unpaired) electrons. The topological polar surface area (TPSA) is 172 Å². The number of piperidine rings is 2. The Balaban J connectivity index is 0.651. The summed E-state index contributed by atoms with van der Waals surface area (Å²) in [6.45, 7) is 10.4. The number of benzene rings is 4. The number of carbonyl (C=O) groups excluding carboxylic acids is 5. The lowest BCUT2D eigenvalue weighted by Crippen LogP contribution is -2.52. The molecule has 0 bridgehead atoms. The van der Waals surface area contributed by atoms with Crippen LogP contribution in [0.15, 0.2) is 85.1 Å². The highest BCUT2D eigenvalue weighted by atomic mass is 19.1. The Morgan fingerprint density at radius 2 is 1.51 bits per heavy atom. The highest BCUT2D eigenvalue weighted by Gasteiger charge is 2.56. The molecule has 1 aromatic heterocycles. The number of imide groups is 1. The van der Waals surface area contributed by atoms with Gasteiger partial charge in [-0.3, -0.25) is 39.2 Å². The minimum Gasteiger partial charge on any atom is -0.457 e. The summed E-state index contributed by atoms with van der Waals surface area (Å²) in [5, 5.41) is 12.4. The van der Waals surface area contributed by atoms with Gasteiger partial charge in [-0.2, -0.15) is 0 Å². The Kier molecular flexibility index (Phi) is 13.0. The lowest BCUT2D eigenvalue weighted by molar-refractivity contribution is -0.137. The first-order valence-corrected chi connectivity index (χ1v) is 25.5. The van der Waals surface area contributed by atoms with Crippen molar-refractivity contribution < 1.29 is 33.1 Å². The number of nitrogens with zero attached hydrogens (tertiary/aromatic N) is 6. The van der Waals surface area contributed by atoms with Crippen molar-refractivity contribution in [3.8, 4) is 11.5 Å². The normalized spacial score (nSPS) is 20.2. The van der Waals surface area contributed by atoms with Crippen LogP contribution in [-0.2, 0) is 32.1 Å². The number of aromatic nitrogens is 1. The maximum atomic E-state index is 13.6. The van der Waals surface area contributed by atoms with Gasteiger partial charge in [-0.15, -0.1) is 0 Å². The van der Waals surface area contributed by atoms with Crippen molar-refractivity contribution in [3.05, 3.63) is 108 Å². The number of rotatable bonds is 14. The number of pyridine rings is 1. The maximum absolute atomic E-state index is 13.6. The molecule has 0 spiro atoms. The van der Waals surface area contributed by atoms with E-state index in [9.17, 15) is 28.4 Å². The zero-order chi connectivity index (χ0) is 49.5. The Bertz CT molecular complexity index is 2910. The second-order valence-corrected chi connectivity index (χ2v) is 20.2. The monoisotopic (exact) mass is 976 g/mol. The van der Waals surface area contributed by atoms with Gasteiger partial charge < -0.3 is 40.3 Å². The fraction of sp³-hybridized carbons (Fsp3) is 0.418. The summed E-state index contributed by atoms with van der Waals surface area (Å²) in [7, 11) is 1.94. The summed E-state index contributed by atoms with van der Waals surface area (Å²) in [5.74, 6) is -0.0836. The van der Waals surface area contributed by atoms with Crippen LogP contribution in [0.4, 0.5) is 32.8 Å². The first-order valence-electron chi connectivity index (χ1n) is 25.5. The lowest BCUT2D eigenvalue weighted by Gasteiger charge is -2.40.